The molecule has 13 heavy (non-hydrogen) atoms. The fraction of sp³-hybridized carbons (Fsp3) is 0.286. The highest BCUT2D eigenvalue weighted by atomic mass is 16.1. The SMILES string of the molecule is O=c1[nH]c2c([nH]1)=NC1N=CNC1C=2. The molecule has 6 heteroatoms. The highest BCUT2D eigenvalue weighted by Gasteiger charge is 2.23. The van der Waals surface area contributed by atoms with Gasteiger partial charge in [0.1, 0.15) is 0 Å². The molecule has 1 aromatic rings. The summed E-state index contributed by atoms with van der Waals surface area (Å²) >= 11 is 0. The first-order valence-electron chi connectivity index (χ1n) is 3.99. The van der Waals surface area contributed by atoms with Gasteiger partial charge >= 0.3 is 5.69 Å². The maximum absolute atomic E-state index is 10.9. The van der Waals surface area contributed by atoms with Crippen molar-refractivity contribution in [1.82, 2.24) is 15.3 Å². The molecule has 66 valence electrons. The molecule has 3 heterocycles. The Kier molecular flexibility index (Phi) is 1.07. The number of imidazole rings is 1. The van der Waals surface area contributed by atoms with E-state index in [1.165, 1.54) is 0 Å². The van der Waals surface area contributed by atoms with Gasteiger partial charge in [0, 0.05) is 0 Å². The molecule has 0 aliphatic carbocycles. The largest absolute Gasteiger partial charge is 0.366 e. The molecule has 1 aromatic heterocycles. The second-order valence-corrected chi connectivity index (χ2v) is 3.02. The van der Waals surface area contributed by atoms with Crippen LogP contribution in [0.5, 0.6) is 0 Å². The number of fused-ring (bicyclic) bond motifs is 2. The van der Waals surface area contributed by atoms with Crippen molar-refractivity contribution in [3.05, 3.63) is 21.3 Å². The Labute approximate surface area is 72.1 Å². The van der Waals surface area contributed by atoms with E-state index < -0.39 is 0 Å². The predicted octanol–water partition coefficient (Wildman–Crippen LogP) is -2.56. The van der Waals surface area contributed by atoms with Gasteiger partial charge in [0.2, 0.25) is 0 Å². The third-order valence-electron chi connectivity index (χ3n) is 2.16. The van der Waals surface area contributed by atoms with Crippen LogP contribution < -0.4 is 21.8 Å². The second-order valence-electron chi connectivity index (χ2n) is 3.02. The summed E-state index contributed by atoms with van der Waals surface area (Å²) in [6.45, 7) is 0. The average Bonchev–Trinajstić information content (AvgIpc) is 2.63. The van der Waals surface area contributed by atoms with Gasteiger partial charge in [-0.2, -0.15) is 0 Å². The van der Waals surface area contributed by atoms with Crippen molar-refractivity contribution in [2.45, 2.75) is 12.2 Å². The summed E-state index contributed by atoms with van der Waals surface area (Å²) in [5, 5.41) is 3.77. The normalized spacial score (nSPS) is 28.3. The fourth-order valence-corrected chi connectivity index (χ4v) is 1.55. The van der Waals surface area contributed by atoms with Crippen molar-refractivity contribution in [1.29, 1.82) is 0 Å². The van der Waals surface area contributed by atoms with E-state index in [2.05, 4.69) is 25.3 Å². The molecule has 0 bridgehead atoms. The molecule has 0 aromatic carbocycles. The van der Waals surface area contributed by atoms with Crippen LogP contribution >= 0.6 is 0 Å². The molecule has 2 aliphatic rings. The quantitative estimate of drug-likeness (QED) is 0.407. The van der Waals surface area contributed by atoms with Crippen LogP contribution in [0.2, 0.25) is 0 Å². The van der Waals surface area contributed by atoms with Crippen molar-refractivity contribution >= 4 is 12.4 Å². The number of rotatable bonds is 0. The first-order chi connectivity index (χ1) is 6.33. The van der Waals surface area contributed by atoms with Crippen LogP contribution in [0.25, 0.3) is 6.08 Å². The number of hydrogen-bond acceptors (Lipinski definition) is 4. The Morgan fingerprint density at radius 1 is 1.38 bits per heavy atom. The van der Waals surface area contributed by atoms with Gasteiger partial charge in [0.05, 0.1) is 17.7 Å². The van der Waals surface area contributed by atoms with Crippen LogP contribution in [0.1, 0.15) is 0 Å². The van der Waals surface area contributed by atoms with E-state index in [1.54, 1.807) is 6.34 Å². The van der Waals surface area contributed by atoms with E-state index in [0.29, 0.717) is 5.49 Å². The number of hydrogen-bond donors (Lipinski definition) is 3. The fourth-order valence-electron chi connectivity index (χ4n) is 1.55. The monoisotopic (exact) mass is 177 g/mol. The van der Waals surface area contributed by atoms with Crippen LogP contribution in [-0.4, -0.2) is 28.5 Å². The zero-order valence-electron chi connectivity index (χ0n) is 6.61. The van der Waals surface area contributed by atoms with Gasteiger partial charge in [-0.25, -0.2) is 14.8 Å². The molecule has 3 rings (SSSR count). The van der Waals surface area contributed by atoms with Gasteiger partial charge < -0.3 is 10.3 Å². The molecule has 0 amide bonds. The van der Waals surface area contributed by atoms with E-state index in [9.17, 15) is 4.79 Å². The van der Waals surface area contributed by atoms with Crippen LogP contribution in [0.15, 0.2) is 14.8 Å². The van der Waals surface area contributed by atoms with Crippen LogP contribution in [0.4, 0.5) is 0 Å². The molecule has 3 N–H and O–H groups in total. The Hall–Kier alpha value is -1.85. The van der Waals surface area contributed by atoms with Crippen LogP contribution in [-0.2, 0) is 0 Å². The van der Waals surface area contributed by atoms with Crippen molar-refractivity contribution in [2.75, 3.05) is 0 Å². The molecule has 0 saturated heterocycles. The van der Waals surface area contributed by atoms with E-state index in [4.69, 9.17) is 0 Å². The predicted molar refractivity (Wildman–Crippen MR) is 45.9 cm³/mol. The van der Waals surface area contributed by atoms with E-state index in [0.717, 1.165) is 5.35 Å². The highest BCUT2D eigenvalue weighted by molar-refractivity contribution is 5.61. The summed E-state index contributed by atoms with van der Waals surface area (Å²) in [6, 6.07) is 0.0824. The molecule has 0 fully saturated rings. The summed E-state index contributed by atoms with van der Waals surface area (Å²) < 4.78 is 0. The van der Waals surface area contributed by atoms with Crippen molar-refractivity contribution in [3.8, 4) is 0 Å². The first-order valence-corrected chi connectivity index (χ1v) is 3.99. The molecule has 6 nitrogen and oxygen atoms in total. The number of aliphatic imine (C=N–C) groups is 1. The molecular weight excluding hydrogens is 170 g/mol. The van der Waals surface area contributed by atoms with Crippen molar-refractivity contribution < 1.29 is 0 Å². The van der Waals surface area contributed by atoms with Gasteiger partial charge in [-0.1, -0.05) is 0 Å². The zero-order chi connectivity index (χ0) is 8.84. The lowest BCUT2D eigenvalue weighted by Crippen LogP contribution is -2.40. The molecule has 0 spiro atoms. The molecule has 2 atom stereocenters. The number of aromatic amines is 2. The summed E-state index contributed by atoms with van der Waals surface area (Å²) in [7, 11) is 0. The number of aromatic nitrogens is 2. The average molecular weight is 177 g/mol. The lowest BCUT2D eigenvalue weighted by molar-refractivity contribution is 0.622. The van der Waals surface area contributed by atoms with Gasteiger partial charge in [0.15, 0.2) is 11.7 Å². The smallest absolute Gasteiger partial charge is 0.324 e. The Morgan fingerprint density at radius 3 is 3.23 bits per heavy atom. The number of H-pyrrole nitrogens is 2. The first kappa shape index (κ1) is 6.64. The molecular formula is C7H7N5O. The Balaban J connectivity index is 2.33. The number of nitrogens with one attached hydrogen (secondary N) is 3. The minimum absolute atomic E-state index is 0.0824. The van der Waals surface area contributed by atoms with Gasteiger partial charge in [-0.3, -0.25) is 4.98 Å². The summed E-state index contributed by atoms with van der Waals surface area (Å²) in [4.78, 5) is 24.5. The minimum atomic E-state index is -0.228. The van der Waals surface area contributed by atoms with Crippen LogP contribution in [0.3, 0.4) is 0 Å². The maximum Gasteiger partial charge on any atom is 0.324 e. The zero-order valence-corrected chi connectivity index (χ0v) is 6.61. The molecule has 0 radical (unpaired) electrons. The van der Waals surface area contributed by atoms with E-state index >= 15 is 0 Å². The minimum Gasteiger partial charge on any atom is -0.366 e. The van der Waals surface area contributed by atoms with E-state index in [1.807, 2.05) is 6.08 Å². The second kappa shape index (κ2) is 2.09. The van der Waals surface area contributed by atoms with E-state index in [-0.39, 0.29) is 17.9 Å². The summed E-state index contributed by atoms with van der Waals surface area (Å²) in [5.74, 6) is 0. The van der Waals surface area contributed by atoms with Gasteiger partial charge in [-0.15, -0.1) is 0 Å². The summed E-state index contributed by atoms with van der Waals surface area (Å²) in [5.41, 5.74) is 0.362. The maximum atomic E-state index is 10.9. The van der Waals surface area contributed by atoms with Gasteiger partial charge in [0.25, 0.3) is 0 Å². The lowest BCUT2D eigenvalue weighted by atomic mass is 10.2. The third-order valence-corrected chi connectivity index (χ3v) is 2.16. The third kappa shape index (κ3) is 0.851. The molecule has 0 saturated carbocycles. The summed E-state index contributed by atoms with van der Waals surface area (Å²) in [6.07, 6.45) is 3.43. The molecule has 2 aliphatic heterocycles. The Morgan fingerprint density at radius 2 is 2.31 bits per heavy atom. The number of nitrogens with zero attached hydrogens (tertiary/aromatic N) is 2. The van der Waals surface area contributed by atoms with Crippen molar-refractivity contribution in [2.24, 2.45) is 9.98 Å². The molecule has 2 unspecified atom stereocenters. The lowest BCUT2D eigenvalue weighted by Gasteiger charge is -2.11. The topological polar surface area (TPSA) is 85.4 Å². The Bertz CT molecular complexity index is 536. The van der Waals surface area contributed by atoms with Gasteiger partial charge in [-0.05, 0) is 6.08 Å². The highest BCUT2D eigenvalue weighted by Crippen LogP contribution is 2.06. The van der Waals surface area contributed by atoms with Crippen LogP contribution in [0, 0.1) is 0 Å². The van der Waals surface area contributed by atoms with Crippen molar-refractivity contribution in [3.63, 3.8) is 0 Å². The standard InChI is InChI=1S/C7H7N5O/c13-7-10-4-1-3-5(9-2-8-3)11-6(4)12-7/h1-3,5H,(H,8,9)(H2,10,11,12,13).